The summed E-state index contributed by atoms with van der Waals surface area (Å²) in [5, 5.41) is 4.16. The maximum absolute atomic E-state index is 11.7. The van der Waals surface area contributed by atoms with Crippen molar-refractivity contribution in [2.75, 3.05) is 0 Å². The third-order valence-electron chi connectivity index (χ3n) is 2.97. The molecule has 3 heteroatoms. The second-order valence-electron chi connectivity index (χ2n) is 4.93. The van der Waals surface area contributed by atoms with Crippen LogP contribution in [0.2, 0.25) is 0 Å². The molecule has 1 aliphatic rings. The van der Waals surface area contributed by atoms with Crippen LogP contribution in [0.4, 0.5) is 0 Å². The molecule has 1 unspecified atom stereocenters. The summed E-state index contributed by atoms with van der Waals surface area (Å²) in [6.07, 6.45) is 1.66. The Morgan fingerprint density at radius 1 is 1.35 bits per heavy atom. The molecule has 0 aliphatic carbocycles. The number of carbonyl (C=O) groups is 1. The molecule has 1 aromatic rings. The zero-order valence-corrected chi connectivity index (χ0v) is 10.3. The quantitative estimate of drug-likeness (QED) is 0.852. The van der Waals surface area contributed by atoms with Gasteiger partial charge in [-0.2, -0.15) is 5.10 Å². The largest absolute Gasteiger partial charge is 0.273 e. The Labute approximate surface area is 102 Å². The van der Waals surface area contributed by atoms with Crippen LogP contribution >= 0.6 is 0 Å². The summed E-state index contributed by atoms with van der Waals surface area (Å²) < 4.78 is 0. The summed E-state index contributed by atoms with van der Waals surface area (Å²) >= 11 is 0. The number of amides is 1. The molecule has 17 heavy (non-hydrogen) atoms. The lowest BCUT2D eigenvalue weighted by molar-refractivity contribution is -0.125. The zero-order valence-electron chi connectivity index (χ0n) is 10.3. The summed E-state index contributed by atoms with van der Waals surface area (Å²) in [6.45, 7) is 4.28. The van der Waals surface area contributed by atoms with Crippen molar-refractivity contribution in [2.24, 2.45) is 16.9 Å². The summed E-state index contributed by atoms with van der Waals surface area (Å²) in [5.74, 6) is 0.641. The second-order valence-corrected chi connectivity index (χ2v) is 4.93. The van der Waals surface area contributed by atoms with Gasteiger partial charge in [-0.3, -0.25) is 4.79 Å². The Hall–Kier alpha value is -1.64. The molecular weight excluding hydrogens is 212 g/mol. The van der Waals surface area contributed by atoms with Gasteiger partial charge in [0.25, 0.3) is 0 Å². The lowest BCUT2D eigenvalue weighted by Crippen LogP contribution is -2.35. The van der Waals surface area contributed by atoms with E-state index < -0.39 is 0 Å². The number of hydrazone groups is 1. The number of hydrogen-bond acceptors (Lipinski definition) is 2. The van der Waals surface area contributed by atoms with Crippen molar-refractivity contribution in [3.8, 4) is 0 Å². The molecule has 1 heterocycles. The van der Waals surface area contributed by atoms with Crippen LogP contribution in [0.3, 0.4) is 0 Å². The standard InChI is InChI=1S/C14H18N2O/c1-10(2)8-12-9-13(15-16-14(12)17)11-6-4-3-5-7-11/h3-7,10,12H,8-9H2,1-2H3,(H,16,17). The van der Waals surface area contributed by atoms with E-state index in [2.05, 4.69) is 24.4 Å². The maximum Gasteiger partial charge on any atom is 0.243 e. The van der Waals surface area contributed by atoms with Crippen molar-refractivity contribution in [1.82, 2.24) is 5.43 Å². The maximum atomic E-state index is 11.7. The summed E-state index contributed by atoms with van der Waals surface area (Å²) in [5.41, 5.74) is 4.72. The SMILES string of the molecule is CC(C)CC1CC(c2ccccc2)=NNC1=O. The second kappa shape index (κ2) is 5.13. The molecule has 0 saturated carbocycles. The van der Waals surface area contributed by atoms with Gasteiger partial charge in [0.2, 0.25) is 5.91 Å². The molecule has 0 aromatic heterocycles. The van der Waals surface area contributed by atoms with Crippen LogP contribution in [0.1, 0.15) is 32.3 Å². The topological polar surface area (TPSA) is 41.5 Å². The average Bonchev–Trinajstić information content (AvgIpc) is 2.32. The van der Waals surface area contributed by atoms with E-state index in [1.807, 2.05) is 30.3 Å². The number of rotatable bonds is 3. The Kier molecular flexibility index (Phi) is 3.57. The van der Waals surface area contributed by atoms with Crippen LogP contribution in [-0.2, 0) is 4.79 Å². The molecule has 1 aliphatic heterocycles. The summed E-state index contributed by atoms with van der Waals surface area (Å²) in [7, 11) is 0. The Morgan fingerprint density at radius 3 is 2.71 bits per heavy atom. The first-order chi connectivity index (χ1) is 8.16. The monoisotopic (exact) mass is 230 g/mol. The highest BCUT2D eigenvalue weighted by Gasteiger charge is 2.25. The molecule has 0 saturated heterocycles. The minimum Gasteiger partial charge on any atom is -0.273 e. The average molecular weight is 230 g/mol. The molecule has 1 aromatic carbocycles. The first kappa shape index (κ1) is 11.8. The number of benzene rings is 1. The minimum atomic E-state index is 0.0541. The fourth-order valence-electron chi connectivity index (χ4n) is 2.16. The van der Waals surface area contributed by atoms with Crippen LogP contribution in [0.5, 0.6) is 0 Å². The molecule has 1 amide bonds. The van der Waals surface area contributed by atoms with E-state index in [0.29, 0.717) is 5.92 Å². The van der Waals surface area contributed by atoms with E-state index in [1.165, 1.54) is 0 Å². The fourth-order valence-corrected chi connectivity index (χ4v) is 2.16. The Morgan fingerprint density at radius 2 is 2.06 bits per heavy atom. The van der Waals surface area contributed by atoms with Gasteiger partial charge in [0, 0.05) is 12.3 Å². The van der Waals surface area contributed by atoms with Crippen LogP contribution < -0.4 is 5.43 Å². The van der Waals surface area contributed by atoms with Gasteiger partial charge >= 0.3 is 0 Å². The predicted molar refractivity (Wildman–Crippen MR) is 68.7 cm³/mol. The third kappa shape index (κ3) is 2.93. The molecule has 0 fully saturated rings. The Balaban J connectivity index is 2.14. The highest BCUT2D eigenvalue weighted by molar-refractivity contribution is 6.04. The highest BCUT2D eigenvalue weighted by Crippen LogP contribution is 2.21. The van der Waals surface area contributed by atoms with Crippen molar-refractivity contribution in [2.45, 2.75) is 26.7 Å². The van der Waals surface area contributed by atoms with E-state index >= 15 is 0 Å². The zero-order chi connectivity index (χ0) is 12.3. The molecule has 0 radical (unpaired) electrons. The van der Waals surface area contributed by atoms with Gasteiger partial charge < -0.3 is 0 Å². The minimum absolute atomic E-state index is 0.0541. The molecule has 1 atom stereocenters. The molecule has 2 rings (SSSR count). The number of carbonyl (C=O) groups excluding carboxylic acids is 1. The third-order valence-corrected chi connectivity index (χ3v) is 2.97. The number of hydrogen-bond donors (Lipinski definition) is 1. The molecule has 3 nitrogen and oxygen atoms in total. The molecule has 0 bridgehead atoms. The van der Waals surface area contributed by atoms with Gasteiger partial charge in [-0.1, -0.05) is 44.2 Å². The number of nitrogens with zero attached hydrogens (tertiary/aromatic N) is 1. The van der Waals surface area contributed by atoms with Crippen molar-refractivity contribution < 1.29 is 4.79 Å². The molecule has 0 spiro atoms. The van der Waals surface area contributed by atoms with Gasteiger partial charge in [-0.15, -0.1) is 0 Å². The van der Waals surface area contributed by atoms with Crippen molar-refractivity contribution in [3.05, 3.63) is 35.9 Å². The molecule has 90 valence electrons. The van der Waals surface area contributed by atoms with Gasteiger partial charge in [0.05, 0.1) is 5.71 Å². The number of nitrogens with one attached hydrogen (secondary N) is 1. The summed E-state index contributed by atoms with van der Waals surface area (Å²) in [4.78, 5) is 11.7. The lowest BCUT2D eigenvalue weighted by Gasteiger charge is -2.22. The van der Waals surface area contributed by atoms with Gasteiger partial charge in [-0.05, 0) is 17.9 Å². The highest BCUT2D eigenvalue weighted by atomic mass is 16.2. The molecular formula is C14H18N2O. The van der Waals surface area contributed by atoms with Crippen LogP contribution in [0, 0.1) is 11.8 Å². The first-order valence-electron chi connectivity index (χ1n) is 6.08. The van der Waals surface area contributed by atoms with Crippen molar-refractivity contribution >= 4 is 11.6 Å². The fraction of sp³-hybridized carbons (Fsp3) is 0.429. The normalized spacial score (nSPS) is 20.1. The van der Waals surface area contributed by atoms with Gasteiger partial charge in [0.1, 0.15) is 0 Å². The lowest BCUT2D eigenvalue weighted by atomic mass is 9.89. The van der Waals surface area contributed by atoms with Crippen molar-refractivity contribution in [3.63, 3.8) is 0 Å². The van der Waals surface area contributed by atoms with Crippen LogP contribution in [0.15, 0.2) is 35.4 Å². The van der Waals surface area contributed by atoms with E-state index in [0.717, 1.165) is 24.1 Å². The van der Waals surface area contributed by atoms with Crippen LogP contribution in [0.25, 0.3) is 0 Å². The van der Waals surface area contributed by atoms with Gasteiger partial charge in [0.15, 0.2) is 0 Å². The van der Waals surface area contributed by atoms with Crippen molar-refractivity contribution in [1.29, 1.82) is 0 Å². The first-order valence-corrected chi connectivity index (χ1v) is 6.08. The van der Waals surface area contributed by atoms with Gasteiger partial charge in [-0.25, -0.2) is 5.43 Å². The van der Waals surface area contributed by atoms with E-state index in [-0.39, 0.29) is 11.8 Å². The molecule has 1 N–H and O–H groups in total. The van der Waals surface area contributed by atoms with E-state index in [9.17, 15) is 4.79 Å². The Bertz CT molecular complexity index is 423. The van der Waals surface area contributed by atoms with Crippen LogP contribution in [-0.4, -0.2) is 11.6 Å². The summed E-state index contributed by atoms with van der Waals surface area (Å²) in [6, 6.07) is 10.0. The smallest absolute Gasteiger partial charge is 0.243 e. The van der Waals surface area contributed by atoms with E-state index in [4.69, 9.17) is 0 Å². The van der Waals surface area contributed by atoms with E-state index in [1.54, 1.807) is 0 Å². The predicted octanol–water partition coefficient (Wildman–Crippen LogP) is 2.57.